The van der Waals surface area contributed by atoms with Gasteiger partial charge in [0.25, 0.3) is 5.91 Å². The van der Waals surface area contributed by atoms with E-state index >= 15 is 0 Å². The summed E-state index contributed by atoms with van der Waals surface area (Å²) in [6.07, 6.45) is 2.73. The van der Waals surface area contributed by atoms with Crippen molar-refractivity contribution in [2.24, 2.45) is 5.92 Å². The van der Waals surface area contributed by atoms with Crippen molar-refractivity contribution in [1.82, 2.24) is 30.0 Å². The molecule has 0 radical (unpaired) electrons. The van der Waals surface area contributed by atoms with Crippen molar-refractivity contribution in [1.29, 1.82) is 0 Å². The molecule has 1 unspecified atom stereocenters. The number of piperazine rings is 1. The van der Waals surface area contributed by atoms with Gasteiger partial charge in [0.15, 0.2) is 5.82 Å². The number of hydrogen-bond acceptors (Lipinski definition) is 7. The highest BCUT2D eigenvalue weighted by atomic mass is 35.5. The molecular formula is C26H33ClN8O. The van der Waals surface area contributed by atoms with Gasteiger partial charge in [-0.25, -0.2) is 9.97 Å². The molecule has 4 heterocycles. The molecule has 5 rings (SSSR count). The fourth-order valence-electron chi connectivity index (χ4n) is 4.93. The Hall–Kier alpha value is -3.17. The summed E-state index contributed by atoms with van der Waals surface area (Å²) in [4.78, 5) is 29.5. The number of halogens is 1. The van der Waals surface area contributed by atoms with Crippen molar-refractivity contribution in [3.8, 4) is 0 Å². The third-order valence-corrected chi connectivity index (χ3v) is 7.13. The van der Waals surface area contributed by atoms with Gasteiger partial charge in [-0.3, -0.25) is 9.89 Å². The molecule has 2 aliphatic heterocycles. The molecule has 0 bridgehead atoms. The summed E-state index contributed by atoms with van der Waals surface area (Å²) in [6, 6.07) is 11.1. The van der Waals surface area contributed by atoms with Gasteiger partial charge in [0, 0.05) is 74.1 Å². The first kappa shape index (κ1) is 24.5. The maximum Gasteiger partial charge on any atom is 0.253 e. The normalized spacial score (nSPS) is 18.9. The highest BCUT2D eigenvalue weighted by Gasteiger charge is 2.26. The molecule has 36 heavy (non-hydrogen) atoms. The van der Waals surface area contributed by atoms with Crippen molar-refractivity contribution >= 4 is 35.0 Å². The Bertz CT molecular complexity index is 1210. The number of carbonyl (C=O) groups excluding carboxylic acids is 1. The van der Waals surface area contributed by atoms with Crippen LogP contribution in [-0.2, 0) is 6.42 Å². The molecule has 0 spiro atoms. The van der Waals surface area contributed by atoms with E-state index < -0.39 is 0 Å². The lowest BCUT2D eigenvalue weighted by Gasteiger charge is -2.34. The third-order valence-electron chi connectivity index (χ3n) is 6.90. The Morgan fingerprint density at radius 2 is 1.94 bits per heavy atom. The highest BCUT2D eigenvalue weighted by molar-refractivity contribution is 6.30. The van der Waals surface area contributed by atoms with E-state index in [-0.39, 0.29) is 5.91 Å². The molecule has 190 valence electrons. The van der Waals surface area contributed by atoms with E-state index in [4.69, 9.17) is 21.6 Å². The molecule has 2 fully saturated rings. The Balaban J connectivity index is 1.34. The second-order valence-corrected chi connectivity index (χ2v) is 10.3. The zero-order valence-electron chi connectivity index (χ0n) is 20.9. The van der Waals surface area contributed by atoms with E-state index in [2.05, 4.69) is 32.4 Å². The lowest BCUT2D eigenvalue weighted by Crippen LogP contribution is -2.45. The van der Waals surface area contributed by atoms with E-state index in [0.717, 1.165) is 81.0 Å². The van der Waals surface area contributed by atoms with Crippen LogP contribution in [0, 0.1) is 12.8 Å². The number of nitrogens with one attached hydrogen (secondary N) is 2. The fraction of sp³-hybridized carbons (Fsp3) is 0.462. The first-order chi connectivity index (χ1) is 17.4. The average Bonchev–Trinajstić information content (AvgIpc) is 3.28. The number of likely N-dealkylation sites (N-methyl/N-ethyl adjacent to an activating group) is 1. The topological polar surface area (TPSA) is 93.3 Å². The number of carbonyl (C=O) groups is 1. The van der Waals surface area contributed by atoms with Crippen LogP contribution in [0.3, 0.4) is 0 Å². The Morgan fingerprint density at radius 1 is 1.11 bits per heavy atom. The summed E-state index contributed by atoms with van der Waals surface area (Å²) in [5.74, 6) is 3.53. The number of nitrogens with zero attached hydrogens (tertiary/aromatic N) is 6. The van der Waals surface area contributed by atoms with Crippen LogP contribution in [0.1, 0.15) is 34.7 Å². The minimum atomic E-state index is 0.0329. The summed E-state index contributed by atoms with van der Waals surface area (Å²) in [5, 5.41) is 11.2. The molecule has 2 saturated heterocycles. The Morgan fingerprint density at radius 3 is 2.69 bits per heavy atom. The van der Waals surface area contributed by atoms with Crippen LogP contribution in [-0.4, -0.2) is 82.2 Å². The fourth-order valence-corrected chi connectivity index (χ4v) is 5.12. The zero-order chi connectivity index (χ0) is 25.1. The predicted octanol–water partition coefficient (Wildman–Crippen LogP) is 3.75. The van der Waals surface area contributed by atoms with Crippen LogP contribution in [0.15, 0.2) is 36.4 Å². The van der Waals surface area contributed by atoms with Gasteiger partial charge in [0.1, 0.15) is 17.5 Å². The van der Waals surface area contributed by atoms with Crippen LogP contribution in [0.5, 0.6) is 0 Å². The lowest BCUT2D eigenvalue weighted by molar-refractivity contribution is 0.0672. The maximum atomic E-state index is 13.1. The number of H-pyrrole nitrogens is 1. The molecule has 0 saturated carbocycles. The average molecular weight is 509 g/mol. The molecule has 10 heteroatoms. The van der Waals surface area contributed by atoms with Crippen molar-refractivity contribution < 1.29 is 4.79 Å². The van der Waals surface area contributed by atoms with Crippen LogP contribution < -0.4 is 10.2 Å². The molecule has 1 atom stereocenters. The SMILES string of the molecule is Cc1cc(Nc2cc(N3CCN(C)CC3)nc(CC3CCCN(C(=O)c4cccc(Cl)c4)C3)n2)n[nH]1. The number of benzene rings is 1. The van der Waals surface area contributed by atoms with E-state index in [9.17, 15) is 4.79 Å². The summed E-state index contributed by atoms with van der Waals surface area (Å²) in [6.45, 7) is 7.29. The number of piperidine rings is 1. The molecule has 9 nitrogen and oxygen atoms in total. The van der Waals surface area contributed by atoms with Crippen LogP contribution in [0.4, 0.5) is 17.5 Å². The number of aromatic amines is 1. The lowest BCUT2D eigenvalue weighted by atomic mass is 9.94. The first-order valence-electron chi connectivity index (χ1n) is 12.6. The van der Waals surface area contributed by atoms with Gasteiger partial charge in [-0.15, -0.1) is 0 Å². The van der Waals surface area contributed by atoms with E-state index in [1.807, 2.05) is 36.1 Å². The van der Waals surface area contributed by atoms with Gasteiger partial charge >= 0.3 is 0 Å². The monoisotopic (exact) mass is 508 g/mol. The summed E-state index contributed by atoms with van der Waals surface area (Å²) >= 11 is 6.12. The molecular weight excluding hydrogens is 476 g/mol. The van der Waals surface area contributed by atoms with Crippen LogP contribution in [0.2, 0.25) is 5.02 Å². The summed E-state index contributed by atoms with van der Waals surface area (Å²) in [5.41, 5.74) is 1.62. The Kier molecular flexibility index (Phi) is 7.38. The minimum Gasteiger partial charge on any atom is -0.354 e. The second kappa shape index (κ2) is 10.8. The third kappa shape index (κ3) is 5.96. The van der Waals surface area contributed by atoms with E-state index in [1.165, 1.54) is 0 Å². The van der Waals surface area contributed by atoms with Gasteiger partial charge in [0.05, 0.1) is 0 Å². The highest BCUT2D eigenvalue weighted by Crippen LogP contribution is 2.25. The number of aromatic nitrogens is 4. The molecule has 3 aromatic rings. The van der Waals surface area contributed by atoms with Crippen molar-refractivity contribution in [3.05, 3.63) is 58.5 Å². The predicted molar refractivity (Wildman–Crippen MR) is 142 cm³/mol. The maximum absolute atomic E-state index is 13.1. The molecule has 1 aromatic carbocycles. The number of hydrogen-bond donors (Lipinski definition) is 2. The van der Waals surface area contributed by atoms with Gasteiger partial charge in [-0.05, 0) is 50.9 Å². The minimum absolute atomic E-state index is 0.0329. The summed E-state index contributed by atoms with van der Waals surface area (Å²) < 4.78 is 0. The van der Waals surface area contributed by atoms with Crippen molar-refractivity contribution in [2.75, 3.05) is 56.5 Å². The number of anilines is 3. The second-order valence-electron chi connectivity index (χ2n) is 9.85. The quantitative estimate of drug-likeness (QED) is 0.523. The number of likely N-dealkylation sites (tertiary alicyclic amines) is 1. The molecule has 0 aliphatic carbocycles. The smallest absolute Gasteiger partial charge is 0.253 e. The number of aryl methyl sites for hydroxylation is 1. The van der Waals surface area contributed by atoms with Gasteiger partial charge < -0.3 is 20.0 Å². The largest absolute Gasteiger partial charge is 0.354 e. The van der Waals surface area contributed by atoms with Gasteiger partial charge in [-0.1, -0.05) is 17.7 Å². The van der Waals surface area contributed by atoms with Gasteiger partial charge in [-0.2, -0.15) is 5.10 Å². The van der Waals surface area contributed by atoms with E-state index in [0.29, 0.717) is 23.0 Å². The van der Waals surface area contributed by atoms with Crippen LogP contribution in [0.25, 0.3) is 0 Å². The van der Waals surface area contributed by atoms with Crippen molar-refractivity contribution in [2.45, 2.75) is 26.2 Å². The van der Waals surface area contributed by atoms with E-state index in [1.54, 1.807) is 12.1 Å². The molecule has 1 amide bonds. The number of amides is 1. The summed E-state index contributed by atoms with van der Waals surface area (Å²) in [7, 11) is 2.15. The standard InChI is InChI=1S/C26H33ClN8O/c1-18-13-24(32-31-18)29-23-16-25(34-11-9-33(2)10-12-34)30-22(28-23)14-19-5-4-8-35(17-19)26(36)20-6-3-7-21(27)15-20/h3,6-7,13,15-16,19H,4-5,8-12,14,17H2,1-2H3,(H2,28,29,30,31,32). The zero-order valence-corrected chi connectivity index (χ0v) is 21.6. The molecule has 2 aliphatic rings. The Labute approximate surface area is 216 Å². The first-order valence-corrected chi connectivity index (χ1v) is 13.0. The number of rotatable bonds is 6. The van der Waals surface area contributed by atoms with Crippen LogP contribution >= 0.6 is 11.6 Å². The van der Waals surface area contributed by atoms with Gasteiger partial charge in [0.2, 0.25) is 0 Å². The molecule has 2 N–H and O–H groups in total. The van der Waals surface area contributed by atoms with Crippen molar-refractivity contribution in [3.63, 3.8) is 0 Å². The molecule has 2 aromatic heterocycles.